The van der Waals surface area contributed by atoms with E-state index in [1.54, 1.807) is 0 Å². The molecule has 1 saturated carbocycles. The van der Waals surface area contributed by atoms with Gasteiger partial charge in [-0.2, -0.15) is 5.10 Å². The van der Waals surface area contributed by atoms with Crippen LogP contribution in [0.2, 0.25) is 0 Å². The molecule has 0 saturated heterocycles. The molecule has 5 nitrogen and oxygen atoms in total. The predicted octanol–water partition coefficient (Wildman–Crippen LogP) is 3.57. The van der Waals surface area contributed by atoms with Crippen LogP contribution in [0.25, 0.3) is 0 Å². The Bertz CT molecular complexity index is 655. The molecule has 1 amide bonds. The van der Waals surface area contributed by atoms with Gasteiger partial charge in [-0.25, -0.2) is 0 Å². The molecule has 2 aliphatic rings. The normalized spacial score (nSPS) is 25.3. The Morgan fingerprint density at radius 3 is 2.56 bits per heavy atom. The highest BCUT2D eigenvalue weighted by atomic mass is 16.2. The summed E-state index contributed by atoms with van der Waals surface area (Å²) in [6.45, 7) is 1.85. The predicted molar refractivity (Wildman–Crippen MR) is 109 cm³/mol. The molecule has 1 fully saturated rings. The van der Waals surface area contributed by atoms with E-state index in [1.165, 1.54) is 37.1 Å². The van der Waals surface area contributed by atoms with Gasteiger partial charge in [-0.05, 0) is 70.5 Å². The van der Waals surface area contributed by atoms with E-state index in [1.807, 2.05) is 23.7 Å². The first-order valence-electron chi connectivity index (χ1n) is 10.5. The molecule has 1 atom stereocenters. The number of aromatic nitrogens is 2. The SMILES string of the molecule is CN(C)Cc1cc(C2CCC(CN(C)C(=O)CC3C=CCC3)CC2)nn1C. The van der Waals surface area contributed by atoms with Crippen LogP contribution in [0, 0.1) is 11.8 Å². The first-order chi connectivity index (χ1) is 12.9. The first kappa shape index (κ1) is 20.1. The van der Waals surface area contributed by atoms with Gasteiger partial charge in [0.05, 0.1) is 11.4 Å². The molecule has 0 aromatic carbocycles. The zero-order valence-corrected chi connectivity index (χ0v) is 17.5. The lowest BCUT2D eigenvalue weighted by atomic mass is 9.80. The van der Waals surface area contributed by atoms with E-state index in [-0.39, 0.29) is 0 Å². The number of carbonyl (C=O) groups is 1. The fourth-order valence-electron chi connectivity index (χ4n) is 4.58. The van der Waals surface area contributed by atoms with Gasteiger partial charge in [0.1, 0.15) is 0 Å². The van der Waals surface area contributed by atoms with Crippen LogP contribution in [-0.2, 0) is 18.4 Å². The average molecular weight is 373 g/mol. The van der Waals surface area contributed by atoms with E-state index in [0.717, 1.165) is 25.9 Å². The Kier molecular flexibility index (Phi) is 6.74. The molecule has 1 aromatic heterocycles. The van der Waals surface area contributed by atoms with Crippen molar-refractivity contribution < 1.29 is 4.79 Å². The number of amides is 1. The number of carbonyl (C=O) groups excluding carboxylic acids is 1. The fourth-order valence-corrected chi connectivity index (χ4v) is 4.58. The van der Waals surface area contributed by atoms with Crippen LogP contribution in [-0.4, -0.2) is 53.2 Å². The third-order valence-corrected chi connectivity index (χ3v) is 6.25. The number of nitrogens with zero attached hydrogens (tertiary/aromatic N) is 4. The van der Waals surface area contributed by atoms with Gasteiger partial charge in [0.25, 0.3) is 0 Å². The summed E-state index contributed by atoms with van der Waals surface area (Å²) < 4.78 is 2.03. The quantitative estimate of drug-likeness (QED) is 0.687. The van der Waals surface area contributed by atoms with Crippen molar-refractivity contribution in [3.05, 3.63) is 29.6 Å². The van der Waals surface area contributed by atoms with Crippen molar-refractivity contribution in [3.63, 3.8) is 0 Å². The van der Waals surface area contributed by atoms with Crippen LogP contribution in [0.5, 0.6) is 0 Å². The molecule has 1 heterocycles. The van der Waals surface area contributed by atoms with Gasteiger partial charge in [-0.1, -0.05) is 12.2 Å². The summed E-state index contributed by atoms with van der Waals surface area (Å²) in [6, 6.07) is 2.29. The summed E-state index contributed by atoms with van der Waals surface area (Å²) >= 11 is 0. The molecule has 1 unspecified atom stereocenters. The molecular weight excluding hydrogens is 336 g/mol. The van der Waals surface area contributed by atoms with Gasteiger partial charge in [0, 0.05) is 39.5 Å². The second-order valence-corrected chi connectivity index (χ2v) is 8.88. The molecule has 5 heteroatoms. The number of hydrogen-bond acceptors (Lipinski definition) is 3. The molecule has 1 aromatic rings. The molecule has 0 bridgehead atoms. The summed E-state index contributed by atoms with van der Waals surface area (Å²) in [5.41, 5.74) is 2.54. The van der Waals surface area contributed by atoms with Gasteiger partial charge in [-0.15, -0.1) is 0 Å². The first-order valence-corrected chi connectivity index (χ1v) is 10.5. The Morgan fingerprint density at radius 1 is 1.19 bits per heavy atom. The van der Waals surface area contributed by atoms with Gasteiger partial charge in [0.2, 0.25) is 5.91 Å². The Labute approximate surface area is 164 Å². The van der Waals surface area contributed by atoms with Crippen LogP contribution in [0.1, 0.15) is 62.3 Å². The summed E-state index contributed by atoms with van der Waals surface area (Å²) in [6.07, 6.45) is 12.2. The maximum absolute atomic E-state index is 12.5. The van der Waals surface area contributed by atoms with E-state index in [0.29, 0.717) is 30.1 Å². The van der Waals surface area contributed by atoms with Crippen LogP contribution in [0.4, 0.5) is 0 Å². The summed E-state index contributed by atoms with van der Waals surface area (Å²) in [4.78, 5) is 16.6. The van der Waals surface area contributed by atoms with Crippen molar-refractivity contribution in [3.8, 4) is 0 Å². The van der Waals surface area contributed by atoms with Crippen molar-refractivity contribution in [2.45, 2.75) is 57.4 Å². The summed E-state index contributed by atoms with van der Waals surface area (Å²) in [7, 11) is 8.23. The monoisotopic (exact) mass is 372 g/mol. The van der Waals surface area contributed by atoms with Crippen molar-refractivity contribution in [2.24, 2.45) is 18.9 Å². The van der Waals surface area contributed by atoms with Crippen molar-refractivity contribution in [1.29, 1.82) is 0 Å². The van der Waals surface area contributed by atoms with E-state index in [9.17, 15) is 4.79 Å². The van der Waals surface area contributed by atoms with E-state index in [2.05, 4.69) is 37.2 Å². The topological polar surface area (TPSA) is 41.4 Å². The Balaban J connectivity index is 1.45. The van der Waals surface area contributed by atoms with Gasteiger partial charge in [0.15, 0.2) is 0 Å². The molecule has 27 heavy (non-hydrogen) atoms. The average Bonchev–Trinajstić information content (AvgIpc) is 3.25. The number of hydrogen-bond donors (Lipinski definition) is 0. The van der Waals surface area contributed by atoms with Gasteiger partial charge in [-0.3, -0.25) is 9.48 Å². The largest absolute Gasteiger partial charge is 0.345 e. The molecule has 0 N–H and O–H groups in total. The van der Waals surface area contributed by atoms with Gasteiger partial charge >= 0.3 is 0 Å². The highest BCUT2D eigenvalue weighted by molar-refractivity contribution is 5.76. The molecule has 0 spiro atoms. The zero-order chi connectivity index (χ0) is 19.4. The standard InChI is InChI=1S/C22H36N4O/c1-24(2)16-20-14-21(23-26(20)4)19-11-9-18(10-12-19)15-25(3)22(27)13-17-7-5-6-8-17/h5,7,14,17-19H,6,8-13,15-16H2,1-4H3. The van der Waals surface area contributed by atoms with E-state index in [4.69, 9.17) is 5.10 Å². The summed E-state index contributed by atoms with van der Waals surface area (Å²) in [5, 5.41) is 4.78. The van der Waals surface area contributed by atoms with E-state index < -0.39 is 0 Å². The van der Waals surface area contributed by atoms with Crippen LogP contribution >= 0.6 is 0 Å². The van der Waals surface area contributed by atoms with Crippen molar-refractivity contribution >= 4 is 5.91 Å². The Hall–Kier alpha value is -1.62. The smallest absolute Gasteiger partial charge is 0.222 e. The minimum Gasteiger partial charge on any atom is -0.345 e. The maximum Gasteiger partial charge on any atom is 0.222 e. The minimum absolute atomic E-state index is 0.312. The molecule has 0 radical (unpaired) electrons. The lowest BCUT2D eigenvalue weighted by Crippen LogP contribution is -2.34. The molecule has 3 rings (SSSR count). The molecule has 150 valence electrons. The molecule has 0 aliphatic heterocycles. The minimum atomic E-state index is 0.312. The molecule has 2 aliphatic carbocycles. The lowest BCUT2D eigenvalue weighted by molar-refractivity contribution is -0.131. The highest BCUT2D eigenvalue weighted by Crippen LogP contribution is 2.36. The Morgan fingerprint density at radius 2 is 1.93 bits per heavy atom. The van der Waals surface area contributed by atoms with E-state index >= 15 is 0 Å². The third kappa shape index (κ3) is 5.44. The van der Waals surface area contributed by atoms with Crippen molar-refractivity contribution in [1.82, 2.24) is 19.6 Å². The number of rotatable bonds is 7. The second-order valence-electron chi connectivity index (χ2n) is 8.88. The van der Waals surface area contributed by atoms with Crippen LogP contribution in [0.15, 0.2) is 18.2 Å². The number of allylic oxidation sites excluding steroid dienone is 2. The lowest BCUT2D eigenvalue weighted by Gasteiger charge is -2.31. The number of aryl methyl sites for hydroxylation is 1. The van der Waals surface area contributed by atoms with Crippen molar-refractivity contribution in [2.75, 3.05) is 27.7 Å². The second kappa shape index (κ2) is 9.05. The van der Waals surface area contributed by atoms with Crippen LogP contribution < -0.4 is 0 Å². The zero-order valence-electron chi connectivity index (χ0n) is 17.5. The maximum atomic E-state index is 12.5. The van der Waals surface area contributed by atoms with Crippen LogP contribution in [0.3, 0.4) is 0 Å². The molecular formula is C22H36N4O. The fraction of sp³-hybridized carbons (Fsp3) is 0.727. The van der Waals surface area contributed by atoms with Gasteiger partial charge < -0.3 is 9.80 Å². The highest BCUT2D eigenvalue weighted by Gasteiger charge is 2.27. The third-order valence-electron chi connectivity index (χ3n) is 6.25. The summed E-state index contributed by atoms with van der Waals surface area (Å²) in [5.74, 6) is 2.00.